The number of alkyl carbamates (subject to hydrolysis) is 1. The summed E-state index contributed by atoms with van der Waals surface area (Å²) in [6.45, 7) is 2.16. The summed E-state index contributed by atoms with van der Waals surface area (Å²) < 4.78 is 17.8. The molecule has 0 aromatic heterocycles. The summed E-state index contributed by atoms with van der Waals surface area (Å²) in [6.07, 6.45) is 4.23. The lowest BCUT2D eigenvalue weighted by molar-refractivity contribution is -0.164. The molecule has 37 heavy (non-hydrogen) atoms. The zero-order valence-electron chi connectivity index (χ0n) is 21.0. The largest absolute Gasteiger partial charge is 0.493 e. The summed E-state index contributed by atoms with van der Waals surface area (Å²) >= 11 is 0. The molecular formula is C28H31N3O6. The smallest absolute Gasteiger partial charge is 0.408 e. The van der Waals surface area contributed by atoms with Gasteiger partial charge in [0.1, 0.15) is 24.9 Å². The first-order valence-electron chi connectivity index (χ1n) is 12.7. The third-order valence-corrected chi connectivity index (χ3v) is 7.79. The number of amides is 2. The summed E-state index contributed by atoms with van der Waals surface area (Å²) in [4.78, 5) is 33.3. The highest BCUT2D eigenvalue weighted by Crippen LogP contribution is 2.55. The second-order valence-electron chi connectivity index (χ2n) is 10.2. The summed E-state index contributed by atoms with van der Waals surface area (Å²) in [7, 11) is 3.78. The van der Waals surface area contributed by atoms with Crippen LogP contribution in [0.1, 0.15) is 29.5 Å². The quantitative estimate of drug-likeness (QED) is 0.625. The number of hydrogen-bond donors (Lipinski definition) is 1. The van der Waals surface area contributed by atoms with E-state index >= 15 is 0 Å². The van der Waals surface area contributed by atoms with E-state index in [1.54, 1.807) is 7.11 Å². The van der Waals surface area contributed by atoms with Crippen molar-refractivity contribution in [3.63, 3.8) is 0 Å². The van der Waals surface area contributed by atoms with Crippen molar-refractivity contribution in [3.05, 3.63) is 71.3 Å². The predicted molar refractivity (Wildman–Crippen MR) is 134 cm³/mol. The number of nitrogens with one attached hydrogen (secondary N) is 1. The Balaban J connectivity index is 1.13. The molecule has 0 saturated carbocycles. The average Bonchev–Trinajstić information content (AvgIpc) is 3.36. The summed E-state index contributed by atoms with van der Waals surface area (Å²) in [6, 6.07) is 12.9. The minimum atomic E-state index is -0.786. The fraction of sp³-hybridized carbons (Fsp3) is 0.429. The minimum absolute atomic E-state index is 0.0710. The van der Waals surface area contributed by atoms with Gasteiger partial charge in [0.05, 0.1) is 19.1 Å². The lowest BCUT2D eigenvalue weighted by atomic mass is 9.69. The molecule has 2 aromatic carbocycles. The Bertz CT molecular complexity index is 1230. The maximum absolute atomic E-state index is 12.7. The maximum atomic E-state index is 12.7. The van der Waals surface area contributed by atoms with E-state index in [1.807, 2.05) is 42.5 Å². The predicted octanol–water partition coefficient (Wildman–Crippen LogP) is 2.93. The Morgan fingerprint density at radius 2 is 2.05 bits per heavy atom. The molecule has 4 aliphatic rings. The maximum Gasteiger partial charge on any atom is 0.408 e. The Morgan fingerprint density at radius 1 is 1.22 bits per heavy atom. The normalized spacial score (nSPS) is 28.2. The van der Waals surface area contributed by atoms with Crippen LogP contribution in [0.5, 0.6) is 11.5 Å². The Labute approximate surface area is 215 Å². The van der Waals surface area contributed by atoms with E-state index in [9.17, 15) is 9.59 Å². The van der Waals surface area contributed by atoms with Gasteiger partial charge in [-0.3, -0.25) is 9.63 Å². The molecule has 3 aliphatic heterocycles. The first-order valence-corrected chi connectivity index (χ1v) is 12.7. The fourth-order valence-electron chi connectivity index (χ4n) is 5.92. The van der Waals surface area contributed by atoms with E-state index in [-0.39, 0.29) is 24.0 Å². The number of nitrogens with zero attached hydrogens (tertiary/aromatic N) is 2. The Kier molecular flexibility index (Phi) is 6.04. The molecule has 1 saturated heterocycles. The van der Waals surface area contributed by atoms with Gasteiger partial charge in [-0.15, -0.1) is 0 Å². The van der Waals surface area contributed by atoms with Crippen LogP contribution in [0.25, 0.3) is 0 Å². The lowest BCUT2D eigenvalue weighted by Gasteiger charge is -2.36. The molecule has 3 heterocycles. The SMILES string of the molecule is COc1ccc2c3c1O[C@H]1C[C@@H](OC(=O)N[C@H]4CON(Cc5ccccc5)C4=O)C=C[C@@]31CCN(C)C2. The number of carbonyl (C=O) groups excluding carboxylic acids is 2. The van der Waals surface area contributed by atoms with Crippen LogP contribution in [0.3, 0.4) is 0 Å². The van der Waals surface area contributed by atoms with Crippen molar-refractivity contribution in [2.24, 2.45) is 0 Å². The second-order valence-corrected chi connectivity index (χ2v) is 10.2. The topological polar surface area (TPSA) is 89.6 Å². The van der Waals surface area contributed by atoms with Crippen LogP contribution in [0.15, 0.2) is 54.6 Å². The van der Waals surface area contributed by atoms with Gasteiger partial charge in [0, 0.05) is 18.5 Å². The van der Waals surface area contributed by atoms with Crippen molar-refractivity contribution >= 4 is 12.0 Å². The van der Waals surface area contributed by atoms with Gasteiger partial charge in [-0.2, -0.15) is 0 Å². The Hall–Kier alpha value is -3.56. The molecule has 4 atom stereocenters. The molecular weight excluding hydrogens is 474 g/mol. The number of hydrogen-bond acceptors (Lipinski definition) is 7. The van der Waals surface area contributed by atoms with E-state index in [0.717, 1.165) is 36.6 Å². The molecule has 0 radical (unpaired) electrons. The van der Waals surface area contributed by atoms with Crippen LogP contribution in [0.4, 0.5) is 4.79 Å². The zero-order chi connectivity index (χ0) is 25.6. The number of benzene rings is 2. The van der Waals surface area contributed by atoms with Gasteiger partial charge in [0.25, 0.3) is 5.91 Å². The van der Waals surface area contributed by atoms with Crippen molar-refractivity contribution in [2.75, 3.05) is 27.3 Å². The molecule has 2 aromatic rings. The second kappa shape index (κ2) is 9.39. The van der Waals surface area contributed by atoms with E-state index in [4.69, 9.17) is 19.0 Å². The molecule has 9 heteroatoms. The van der Waals surface area contributed by atoms with Crippen LogP contribution in [0, 0.1) is 0 Å². The average molecular weight is 506 g/mol. The van der Waals surface area contributed by atoms with Crippen molar-refractivity contribution < 1.29 is 28.6 Å². The summed E-state index contributed by atoms with van der Waals surface area (Å²) in [5, 5.41) is 3.95. The minimum Gasteiger partial charge on any atom is -0.493 e. The number of ether oxygens (including phenoxy) is 3. The van der Waals surface area contributed by atoms with Gasteiger partial charge in [-0.1, -0.05) is 42.5 Å². The third-order valence-electron chi connectivity index (χ3n) is 7.79. The highest BCUT2D eigenvalue weighted by Gasteiger charge is 2.53. The number of methoxy groups -OCH3 is 1. The van der Waals surface area contributed by atoms with E-state index in [1.165, 1.54) is 16.2 Å². The molecule has 9 nitrogen and oxygen atoms in total. The van der Waals surface area contributed by atoms with Gasteiger partial charge in [-0.05, 0) is 43.3 Å². The molecule has 1 N–H and O–H groups in total. The van der Waals surface area contributed by atoms with E-state index in [0.29, 0.717) is 13.0 Å². The van der Waals surface area contributed by atoms with Crippen LogP contribution in [-0.2, 0) is 32.9 Å². The van der Waals surface area contributed by atoms with Crippen molar-refractivity contribution in [1.82, 2.24) is 15.3 Å². The molecule has 0 bridgehead atoms. The zero-order valence-corrected chi connectivity index (χ0v) is 21.0. The molecule has 1 aliphatic carbocycles. The molecule has 194 valence electrons. The fourth-order valence-corrected chi connectivity index (χ4v) is 5.92. The van der Waals surface area contributed by atoms with Gasteiger partial charge in [-0.25, -0.2) is 9.86 Å². The number of hydroxylamine groups is 2. The molecule has 6 rings (SSSR count). The van der Waals surface area contributed by atoms with Crippen molar-refractivity contribution in [1.29, 1.82) is 0 Å². The van der Waals surface area contributed by atoms with Gasteiger partial charge in [0.15, 0.2) is 11.5 Å². The van der Waals surface area contributed by atoms with Gasteiger partial charge >= 0.3 is 6.09 Å². The van der Waals surface area contributed by atoms with Crippen LogP contribution in [-0.4, -0.2) is 67.5 Å². The van der Waals surface area contributed by atoms with Crippen molar-refractivity contribution in [2.45, 2.75) is 49.6 Å². The number of rotatable bonds is 5. The number of carbonyl (C=O) groups is 2. The third kappa shape index (κ3) is 4.22. The molecule has 0 unspecified atom stereocenters. The highest BCUT2D eigenvalue weighted by molar-refractivity contribution is 5.86. The van der Waals surface area contributed by atoms with Gasteiger partial charge < -0.3 is 24.4 Å². The van der Waals surface area contributed by atoms with Crippen LogP contribution < -0.4 is 14.8 Å². The summed E-state index contributed by atoms with van der Waals surface area (Å²) in [5.74, 6) is 1.22. The van der Waals surface area contributed by atoms with Gasteiger partial charge in [0.2, 0.25) is 0 Å². The van der Waals surface area contributed by atoms with Crippen LogP contribution in [0.2, 0.25) is 0 Å². The lowest BCUT2D eigenvalue weighted by Crippen LogP contribution is -2.46. The van der Waals surface area contributed by atoms with Crippen molar-refractivity contribution in [3.8, 4) is 11.5 Å². The first kappa shape index (κ1) is 23.8. The monoisotopic (exact) mass is 505 g/mol. The van der Waals surface area contributed by atoms with E-state index in [2.05, 4.69) is 29.4 Å². The van der Waals surface area contributed by atoms with E-state index < -0.39 is 18.2 Å². The standard InChI is InChI=1S/C28H31N3O6/c1-30-13-12-28-11-10-20(14-23(28)37-25-22(34-2)9-8-19(16-30)24(25)28)36-27(33)29-21-17-35-31(26(21)32)15-18-6-4-3-5-7-18/h3-11,20-21,23H,12-17H2,1-2H3,(H,29,33)/t20-,21-,23-,28-/m0/s1. The molecule has 2 amide bonds. The first-order chi connectivity index (χ1) is 18.0. The molecule has 1 spiro atoms. The molecule has 1 fully saturated rings. The highest BCUT2D eigenvalue weighted by atomic mass is 16.7. The van der Waals surface area contributed by atoms with Crippen LogP contribution >= 0.6 is 0 Å². The summed E-state index contributed by atoms with van der Waals surface area (Å²) in [5.41, 5.74) is 3.09. The Morgan fingerprint density at radius 3 is 2.86 bits per heavy atom.